The van der Waals surface area contributed by atoms with Crippen LogP contribution in [-0.2, 0) is 16.4 Å². The van der Waals surface area contributed by atoms with Gasteiger partial charge in [-0.3, -0.25) is 4.79 Å². The molecule has 0 spiro atoms. The van der Waals surface area contributed by atoms with E-state index in [0.29, 0.717) is 24.2 Å². The number of aryl methyl sites for hydroxylation is 2. The van der Waals surface area contributed by atoms with Crippen molar-refractivity contribution >= 4 is 15.9 Å². The van der Waals surface area contributed by atoms with Gasteiger partial charge in [-0.25, -0.2) is 18.2 Å². The maximum atomic E-state index is 13.2. The Labute approximate surface area is 199 Å². The van der Waals surface area contributed by atoms with Gasteiger partial charge in [0.05, 0.1) is 16.1 Å². The van der Waals surface area contributed by atoms with Gasteiger partial charge in [0.1, 0.15) is 5.69 Å². The second-order valence-corrected chi connectivity index (χ2v) is 9.75. The number of aromatic nitrogens is 2. The highest BCUT2D eigenvalue weighted by molar-refractivity contribution is 7.89. The first-order chi connectivity index (χ1) is 16.2. The maximum Gasteiger partial charge on any atom is 0.255 e. The van der Waals surface area contributed by atoms with Crippen molar-refractivity contribution in [3.05, 3.63) is 101 Å². The second-order valence-electron chi connectivity index (χ2n) is 8.18. The van der Waals surface area contributed by atoms with E-state index in [9.17, 15) is 13.2 Å². The maximum absolute atomic E-state index is 13.2. The molecule has 0 aliphatic heterocycles. The largest absolute Gasteiger partial charge is 0.352 e. The predicted octanol–water partition coefficient (Wildman–Crippen LogP) is 3.78. The summed E-state index contributed by atoms with van der Waals surface area (Å²) < 4.78 is 24.5. The Morgan fingerprint density at radius 3 is 2.35 bits per heavy atom. The number of nitrogens with one attached hydrogen (secondary N) is 1. The fraction of sp³-hybridized carbons (Fsp3) is 0.154. The van der Waals surface area contributed by atoms with Crippen molar-refractivity contribution in [2.24, 2.45) is 5.14 Å². The van der Waals surface area contributed by atoms with Gasteiger partial charge in [0.25, 0.3) is 5.91 Å². The van der Waals surface area contributed by atoms with Gasteiger partial charge in [0, 0.05) is 18.3 Å². The number of carbonyl (C=O) groups is 1. The van der Waals surface area contributed by atoms with Crippen LogP contribution >= 0.6 is 0 Å². The van der Waals surface area contributed by atoms with Crippen molar-refractivity contribution < 1.29 is 13.2 Å². The monoisotopic (exact) mass is 474 g/mol. The summed E-state index contributed by atoms with van der Waals surface area (Å²) in [6.07, 6.45) is 2.29. The Morgan fingerprint density at radius 2 is 1.71 bits per heavy atom. The molecular formula is C26H26N4O3S. The van der Waals surface area contributed by atoms with Gasteiger partial charge >= 0.3 is 0 Å². The third-order valence-corrected chi connectivity index (χ3v) is 6.50. The van der Waals surface area contributed by atoms with Crippen molar-refractivity contribution in [3.8, 4) is 16.9 Å². The average Bonchev–Trinajstić information content (AvgIpc) is 3.25. The van der Waals surface area contributed by atoms with Crippen molar-refractivity contribution in [1.29, 1.82) is 0 Å². The molecule has 34 heavy (non-hydrogen) atoms. The molecule has 1 amide bonds. The van der Waals surface area contributed by atoms with Gasteiger partial charge in [-0.2, -0.15) is 5.10 Å². The fourth-order valence-electron chi connectivity index (χ4n) is 3.79. The number of amides is 1. The zero-order valence-electron chi connectivity index (χ0n) is 19.0. The Hall–Kier alpha value is -3.75. The number of sulfonamides is 1. The molecule has 3 N–H and O–H groups in total. The van der Waals surface area contributed by atoms with Crippen LogP contribution < -0.4 is 10.5 Å². The summed E-state index contributed by atoms with van der Waals surface area (Å²) in [5, 5.41) is 12.9. The molecule has 0 saturated heterocycles. The Morgan fingerprint density at radius 1 is 1.00 bits per heavy atom. The Kier molecular flexibility index (Phi) is 6.63. The van der Waals surface area contributed by atoms with Crippen LogP contribution in [0.4, 0.5) is 0 Å². The van der Waals surface area contributed by atoms with Crippen molar-refractivity contribution in [1.82, 2.24) is 15.1 Å². The minimum Gasteiger partial charge on any atom is -0.352 e. The van der Waals surface area contributed by atoms with E-state index in [1.165, 1.54) is 12.1 Å². The van der Waals surface area contributed by atoms with Gasteiger partial charge in [-0.1, -0.05) is 54.1 Å². The summed E-state index contributed by atoms with van der Waals surface area (Å²) in [5.74, 6) is -0.224. The predicted molar refractivity (Wildman–Crippen MR) is 132 cm³/mol. The lowest BCUT2D eigenvalue weighted by Gasteiger charge is -2.08. The molecule has 0 aliphatic rings. The number of carbonyl (C=O) groups excluding carboxylic acids is 1. The van der Waals surface area contributed by atoms with Crippen LogP contribution in [-0.4, -0.2) is 30.7 Å². The number of hydrogen-bond donors (Lipinski definition) is 2. The summed E-state index contributed by atoms with van der Waals surface area (Å²) in [5.41, 5.74) is 5.95. The van der Waals surface area contributed by atoms with Crippen LogP contribution in [0.2, 0.25) is 0 Å². The highest BCUT2D eigenvalue weighted by atomic mass is 32.2. The summed E-state index contributed by atoms with van der Waals surface area (Å²) in [6.45, 7) is 4.43. The lowest BCUT2D eigenvalue weighted by molar-refractivity contribution is 0.0954. The molecule has 8 heteroatoms. The first kappa shape index (κ1) is 23.4. The molecule has 0 aliphatic carbocycles. The van der Waals surface area contributed by atoms with E-state index in [0.717, 1.165) is 27.9 Å². The molecule has 1 aromatic heterocycles. The van der Waals surface area contributed by atoms with Gasteiger partial charge < -0.3 is 5.32 Å². The van der Waals surface area contributed by atoms with E-state index in [2.05, 4.69) is 11.4 Å². The van der Waals surface area contributed by atoms with E-state index >= 15 is 0 Å². The lowest BCUT2D eigenvalue weighted by atomic mass is 10.0. The zero-order valence-corrected chi connectivity index (χ0v) is 19.8. The standard InChI is InChI=1S/C26H26N4O3S/c1-18-8-13-23(19(2)16-18)25-24(17-30(29-25)21-6-4-3-5-7-21)26(31)28-15-14-20-9-11-22(12-10-20)34(27,32)33/h3-13,16-17H,14-15H2,1-2H3,(H,28,31)(H2,27,32,33). The minimum absolute atomic E-state index is 0.0618. The number of benzene rings is 3. The molecule has 0 unspecified atom stereocenters. The number of rotatable bonds is 7. The summed E-state index contributed by atoms with van der Waals surface area (Å²) in [4.78, 5) is 13.2. The number of para-hydroxylation sites is 1. The van der Waals surface area contributed by atoms with E-state index in [1.54, 1.807) is 23.0 Å². The summed E-state index contributed by atoms with van der Waals surface area (Å²) in [7, 11) is -3.73. The second kappa shape index (κ2) is 9.62. The topological polar surface area (TPSA) is 107 Å². The molecule has 174 valence electrons. The van der Waals surface area contributed by atoms with E-state index in [-0.39, 0.29) is 10.8 Å². The molecule has 1 heterocycles. The molecule has 0 fully saturated rings. The number of nitrogens with zero attached hydrogens (tertiary/aromatic N) is 2. The highest BCUT2D eigenvalue weighted by Gasteiger charge is 2.20. The molecule has 4 aromatic rings. The van der Waals surface area contributed by atoms with Crippen LogP contribution in [0.25, 0.3) is 16.9 Å². The molecule has 0 radical (unpaired) electrons. The minimum atomic E-state index is -3.73. The lowest BCUT2D eigenvalue weighted by Crippen LogP contribution is -2.26. The first-order valence-corrected chi connectivity index (χ1v) is 12.4. The number of nitrogens with two attached hydrogens (primary N) is 1. The molecule has 0 atom stereocenters. The van der Waals surface area contributed by atoms with Gasteiger partial charge in [-0.15, -0.1) is 0 Å². The van der Waals surface area contributed by atoms with E-state index in [1.807, 2.05) is 56.3 Å². The molecule has 3 aromatic carbocycles. The van der Waals surface area contributed by atoms with Crippen molar-refractivity contribution in [3.63, 3.8) is 0 Å². The third kappa shape index (κ3) is 5.24. The zero-order chi connectivity index (χ0) is 24.3. The van der Waals surface area contributed by atoms with Gasteiger partial charge in [0.15, 0.2) is 0 Å². The van der Waals surface area contributed by atoms with Crippen molar-refractivity contribution in [2.75, 3.05) is 6.54 Å². The van der Waals surface area contributed by atoms with E-state index in [4.69, 9.17) is 10.2 Å². The Bertz CT molecular complexity index is 1430. The first-order valence-electron chi connectivity index (χ1n) is 10.8. The van der Waals surface area contributed by atoms with Crippen molar-refractivity contribution in [2.45, 2.75) is 25.2 Å². The summed E-state index contributed by atoms with van der Waals surface area (Å²) >= 11 is 0. The van der Waals surface area contributed by atoms with Crippen LogP contribution in [0.3, 0.4) is 0 Å². The average molecular weight is 475 g/mol. The molecule has 0 bridgehead atoms. The molecule has 0 saturated carbocycles. The number of hydrogen-bond acceptors (Lipinski definition) is 4. The number of primary sulfonamides is 1. The smallest absolute Gasteiger partial charge is 0.255 e. The van der Waals surface area contributed by atoms with E-state index < -0.39 is 10.0 Å². The van der Waals surface area contributed by atoms with Gasteiger partial charge in [0.2, 0.25) is 10.0 Å². The molecule has 4 rings (SSSR count). The van der Waals surface area contributed by atoms with Crippen LogP contribution in [0.15, 0.2) is 83.9 Å². The van der Waals surface area contributed by atoms with Crippen LogP contribution in [0.5, 0.6) is 0 Å². The van der Waals surface area contributed by atoms with Crippen LogP contribution in [0.1, 0.15) is 27.0 Å². The molecular weight excluding hydrogens is 448 g/mol. The summed E-state index contributed by atoms with van der Waals surface area (Å²) in [6, 6.07) is 22.1. The highest BCUT2D eigenvalue weighted by Crippen LogP contribution is 2.27. The third-order valence-electron chi connectivity index (χ3n) is 5.57. The van der Waals surface area contributed by atoms with Crippen LogP contribution in [0, 0.1) is 13.8 Å². The molecule has 7 nitrogen and oxygen atoms in total. The fourth-order valence-corrected chi connectivity index (χ4v) is 4.31. The SMILES string of the molecule is Cc1ccc(-c2nn(-c3ccccc3)cc2C(=O)NCCc2ccc(S(N)(=O)=O)cc2)c(C)c1. The quantitative estimate of drug-likeness (QED) is 0.425. The van der Waals surface area contributed by atoms with Gasteiger partial charge in [-0.05, 0) is 55.7 Å². The normalized spacial score (nSPS) is 11.4. The Balaban J connectivity index is 1.57.